The van der Waals surface area contributed by atoms with Crippen molar-refractivity contribution in [3.05, 3.63) is 35.4 Å². The van der Waals surface area contributed by atoms with Gasteiger partial charge in [0, 0.05) is 14.1 Å². The lowest BCUT2D eigenvalue weighted by Gasteiger charge is -2.28. The molecule has 112 valence electrons. The highest BCUT2D eigenvalue weighted by molar-refractivity contribution is 6.30. The van der Waals surface area contributed by atoms with Gasteiger partial charge < -0.3 is 4.74 Å². The van der Waals surface area contributed by atoms with Crippen LogP contribution in [0.5, 0.6) is 5.75 Å². The number of hydrogen-bond donors (Lipinski definition) is 0. The molecule has 0 bridgehead atoms. The number of carbonyl (C=O) groups excluding carboxylic acids is 3. The summed E-state index contributed by atoms with van der Waals surface area (Å²) in [5.74, 6) is -0.864. The Hall–Kier alpha value is -3.14. The molecule has 1 saturated heterocycles. The van der Waals surface area contributed by atoms with E-state index in [1.807, 2.05) is 6.07 Å². The van der Waals surface area contributed by atoms with Gasteiger partial charge in [0.15, 0.2) is 6.61 Å². The molecule has 1 aliphatic rings. The van der Waals surface area contributed by atoms with E-state index in [4.69, 9.17) is 10.00 Å². The van der Waals surface area contributed by atoms with Crippen LogP contribution in [0, 0.1) is 11.3 Å². The van der Waals surface area contributed by atoms with E-state index in [0.29, 0.717) is 11.3 Å². The van der Waals surface area contributed by atoms with Crippen molar-refractivity contribution in [2.24, 2.45) is 0 Å². The van der Waals surface area contributed by atoms with Crippen LogP contribution in [0.15, 0.2) is 29.8 Å². The molecule has 1 aliphatic heterocycles. The number of nitrogens with zero attached hydrogens (tertiary/aromatic N) is 3. The van der Waals surface area contributed by atoms with Gasteiger partial charge in [0.1, 0.15) is 17.4 Å². The van der Waals surface area contributed by atoms with Crippen LogP contribution in [0.25, 0.3) is 6.08 Å². The number of imide groups is 2. The Morgan fingerprint density at radius 1 is 1.18 bits per heavy atom. The monoisotopic (exact) mass is 299 g/mol. The van der Waals surface area contributed by atoms with Crippen LogP contribution < -0.4 is 4.74 Å². The van der Waals surface area contributed by atoms with Crippen molar-refractivity contribution in [2.45, 2.75) is 0 Å². The molecule has 1 heterocycles. The van der Waals surface area contributed by atoms with Gasteiger partial charge >= 0.3 is 6.03 Å². The highest BCUT2D eigenvalue weighted by atomic mass is 16.5. The molecular weight excluding hydrogens is 286 g/mol. The zero-order chi connectivity index (χ0) is 16.3. The molecule has 0 saturated carbocycles. The average molecular weight is 299 g/mol. The molecule has 22 heavy (non-hydrogen) atoms. The summed E-state index contributed by atoms with van der Waals surface area (Å²) >= 11 is 0. The van der Waals surface area contributed by atoms with E-state index in [0.717, 1.165) is 9.80 Å². The fraction of sp³-hybridized carbons (Fsp3) is 0.200. The smallest absolute Gasteiger partial charge is 0.333 e. The molecule has 0 aromatic heterocycles. The number of hydrogen-bond acceptors (Lipinski definition) is 5. The van der Waals surface area contributed by atoms with E-state index in [1.54, 1.807) is 24.3 Å². The van der Waals surface area contributed by atoms with Gasteiger partial charge in [-0.3, -0.25) is 19.4 Å². The summed E-state index contributed by atoms with van der Waals surface area (Å²) in [5, 5.41) is 8.49. The maximum atomic E-state index is 12.1. The quantitative estimate of drug-likeness (QED) is 0.614. The first kappa shape index (κ1) is 15.3. The molecule has 0 spiro atoms. The van der Waals surface area contributed by atoms with Crippen molar-refractivity contribution in [3.63, 3.8) is 0 Å². The van der Waals surface area contributed by atoms with Gasteiger partial charge in [-0.2, -0.15) is 5.26 Å². The molecule has 0 unspecified atom stereocenters. The minimum Gasteiger partial charge on any atom is -0.479 e. The Morgan fingerprint density at radius 3 is 2.41 bits per heavy atom. The molecule has 7 nitrogen and oxygen atoms in total. The third-order valence-electron chi connectivity index (χ3n) is 3.12. The molecule has 1 aromatic rings. The second-order valence-corrected chi connectivity index (χ2v) is 4.59. The highest BCUT2D eigenvalue weighted by Crippen LogP contribution is 2.20. The maximum absolute atomic E-state index is 12.1. The van der Waals surface area contributed by atoms with Crippen LogP contribution in [0.4, 0.5) is 4.79 Å². The minimum absolute atomic E-state index is 0.0993. The van der Waals surface area contributed by atoms with Crippen LogP contribution >= 0.6 is 0 Å². The summed E-state index contributed by atoms with van der Waals surface area (Å²) in [4.78, 5) is 37.5. The minimum atomic E-state index is -0.668. The van der Waals surface area contributed by atoms with Crippen LogP contribution in [0.1, 0.15) is 5.56 Å². The molecule has 7 heteroatoms. The zero-order valence-corrected chi connectivity index (χ0v) is 12.1. The van der Waals surface area contributed by atoms with Gasteiger partial charge in [-0.1, -0.05) is 12.1 Å². The van der Waals surface area contributed by atoms with E-state index in [2.05, 4.69) is 0 Å². The third-order valence-corrected chi connectivity index (χ3v) is 3.12. The molecule has 0 radical (unpaired) electrons. The molecule has 1 aromatic carbocycles. The first-order valence-corrected chi connectivity index (χ1v) is 6.37. The second kappa shape index (κ2) is 6.10. The highest BCUT2D eigenvalue weighted by Gasteiger charge is 2.37. The van der Waals surface area contributed by atoms with Crippen LogP contribution in [0.2, 0.25) is 0 Å². The summed E-state index contributed by atoms with van der Waals surface area (Å²) in [6, 6.07) is 7.80. The number of rotatable bonds is 3. The number of nitriles is 1. The topological polar surface area (TPSA) is 90.7 Å². The SMILES string of the molecule is CN1C(=O)C(=Cc2cccc(OCC#N)c2)C(=O)N(C)C1=O. The first-order chi connectivity index (χ1) is 10.5. The van der Waals surface area contributed by atoms with E-state index >= 15 is 0 Å². The lowest BCUT2D eigenvalue weighted by molar-refractivity contribution is -0.134. The molecule has 2 rings (SSSR count). The summed E-state index contributed by atoms with van der Waals surface area (Å²) in [6.45, 7) is -0.0993. The third kappa shape index (κ3) is 2.81. The fourth-order valence-corrected chi connectivity index (χ4v) is 1.95. The predicted octanol–water partition coefficient (Wildman–Crippen LogP) is 1.02. The van der Waals surface area contributed by atoms with Gasteiger partial charge in [0.2, 0.25) is 0 Å². The molecule has 0 N–H and O–H groups in total. The first-order valence-electron chi connectivity index (χ1n) is 6.37. The van der Waals surface area contributed by atoms with E-state index in [9.17, 15) is 14.4 Å². The lowest BCUT2D eigenvalue weighted by Crippen LogP contribution is -2.52. The largest absolute Gasteiger partial charge is 0.479 e. The van der Waals surface area contributed by atoms with Crippen molar-refractivity contribution < 1.29 is 19.1 Å². The normalized spacial score (nSPS) is 15.0. The van der Waals surface area contributed by atoms with Gasteiger partial charge in [-0.05, 0) is 23.8 Å². The molecule has 0 atom stereocenters. The second-order valence-electron chi connectivity index (χ2n) is 4.59. The van der Waals surface area contributed by atoms with Crippen molar-refractivity contribution >= 4 is 23.9 Å². The number of benzene rings is 1. The van der Waals surface area contributed by atoms with Gasteiger partial charge in [0.25, 0.3) is 11.8 Å². The Morgan fingerprint density at radius 2 is 1.82 bits per heavy atom. The van der Waals surface area contributed by atoms with E-state index in [-0.39, 0.29) is 12.2 Å². The lowest BCUT2D eigenvalue weighted by atomic mass is 10.1. The van der Waals surface area contributed by atoms with Crippen molar-refractivity contribution in [2.75, 3.05) is 20.7 Å². The summed E-state index contributed by atoms with van der Waals surface area (Å²) in [7, 11) is 2.63. The number of carbonyl (C=O) groups is 3. The van der Waals surface area contributed by atoms with Gasteiger partial charge in [-0.15, -0.1) is 0 Å². The molecule has 0 aliphatic carbocycles. The van der Waals surface area contributed by atoms with Crippen LogP contribution in [-0.2, 0) is 9.59 Å². The molecule has 4 amide bonds. The Kier molecular flexibility index (Phi) is 4.23. The average Bonchev–Trinajstić information content (AvgIpc) is 2.53. The van der Waals surface area contributed by atoms with Crippen molar-refractivity contribution in [1.82, 2.24) is 9.80 Å². The van der Waals surface area contributed by atoms with Gasteiger partial charge in [-0.25, -0.2) is 4.79 Å². The number of ether oxygens (including phenoxy) is 1. The molecule has 1 fully saturated rings. The summed E-state index contributed by atoms with van der Waals surface area (Å²) in [6.07, 6.45) is 1.39. The summed E-state index contributed by atoms with van der Waals surface area (Å²) in [5.41, 5.74) is 0.449. The number of likely N-dealkylation sites (N-methyl/N-ethyl adjacent to an activating group) is 2. The predicted molar refractivity (Wildman–Crippen MR) is 76.5 cm³/mol. The van der Waals surface area contributed by atoms with Gasteiger partial charge in [0.05, 0.1) is 0 Å². The Labute approximate surface area is 127 Å². The Balaban J connectivity index is 2.35. The van der Waals surface area contributed by atoms with E-state index < -0.39 is 17.8 Å². The fourth-order valence-electron chi connectivity index (χ4n) is 1.95. The standard InChI is InChI=1S/C15H13N3O4/c1-17-13(19)12(14(20)18(2)15(17)21)9-10-4-3-5-11(8-10)22-7-6-16/h3-5,8-9H,7H2,1-2H3. The van der Waals surface area contributed by atoms with Crippen molar-refractivity contribution in [1.29, 1.82) is 5.26 Å². The maximum Gasteiger partial charge on any atom is 0.333 e. The summed E-state index contributed by atoms with van der Waals surface area (Å²) < 4.78 is 5.16. The number of amides is 4. The van der Waals surface area contributed by atoms with Crippen LogP contribution in [0.3, 0.4) is 0 Å². The van der Waals surface area contributed by atoms with Crippen molar-refractivity contribution in [3.8, 4) is 11.8 Å². The number of barbiturate groups is 1. The Bertz CT molecular complexity index is 692. The zero-order valence-electron chi connectivity index (χ0n) is 12.1. The molecular formula is C15H13N3O4. The van der Waals surface area contributed by atoms with Crippen LogP contribution in [-0.4, -0.2) is 48.3 Å². The number of urea groups is 1. The van der Waals surface area contributed by atoms with E-state index in [1.165, 1.54) is 20.2 Å².